The first-order valence-electron chi connectivity index (χ1n) is 11.9. The van der Waals surface area contributed by atoms with Crippen molar-refractivity contribution in [2.45, 2.75) is 75.8 Å². The fourth-order valence-electron chi connectivity index (χ4n) is 5.58. The number of hydrogen-bond donors (Lipinski definition) is 1. The number of carbonyl (C=O) groups excluding carboxylic acids is 2. The van der Waals surface area contributed by atoms with E-state index < -0.39 is 6.04 Å². The predicted molar refractivity (Wildman–Crippen MR) is 120 cm³/mol. The summed E-state index contributed by atoms with van der Waals surface area (Å²) in [6.07, 6.45) is 7.69. The van der Waals surface area contributed by atoms with Gasteiger partial charge in [-0.25, -0.2) is 0 Å². The molecule has 0 radical (unpaired) electrons. The molecule has 7 heteroatoms. The average Bonchev–Trinajstić information content (AvgIpc) is 2.90. The Kier molecular flexibility index (Phi) is 5.95. The summed E-state index contributed by atoms with van der Waals surface area (Å²) in [5, 5.41) is 2.79. The number of carbonyl (C=O) groups is 2. The van der Waals surface area contributed by atoms with Crippen LogP contribution in [0.4, 0.5) is 0 Å². The lowest BCUT2D eigenvalue weighted by atomic mass is 9.98. The number of fused-ring (bicyclic) bond motifs is 1. The molecule has 1 aromatic carbocycles. The Hall–Kier alpha value is -2.38. The minimum atomic E-state index is -0.434. The molecule has 3 aliphatic heterocycles. The molecule has 0 spiro atoms. The van der Waals surface area contributed by atoms with Crippen LogP contribution in [0.25, 0.3) is 0 Å². The summed E-state index contributed by atoms with van der Waals surface area (Å²) in [6.45, 7) is 6.24. The van der Waals surface area contributed by atoms with Crippen molar-refractivity contribution in [3.05, 3.63) is 41.6 Å². The van der Waals surface area contributed by atoms with Gasteiger partial charge in [0, 0.05) is 44.0 Å². The summed E-state index contributed by atoms with van der Waals surface area (Å²) in [4.78, 5) is 29.6. The number of hydrogen-bond acceptors (Lipinski definition) is 5. The zero-order chi connectivity index (χ0) is 22.2. The molecule has 5 rings (SSSR count). The normalized spacial score (nSPS) is 29.3. The minimum Gasteiger partial charge on any atom is -0.489 e. The number of methoxy groups -OCH3 is 1. The third kappa shape index (κ3) is 4.04. The Bertz CT molecular complexity index is 910. The molecule has 1 saturated carbocycles. The highest BCUT2D eigenvalue weighted by Gasteiger charge is 2.40. The Morgan fingerprint density at radius 2 is 1.91 bits per heavy atom. The third-order valence-corrected chi connectivity index (χ3v) is 7.49. The first-order chi connectivity index (χ1) is 15.5. The topological polar surface area (TPSA) is 71.1 Å². The molecule has 0 aromatic heterocycles. The van der Waals surface area contributed by atoms with Gasteiger partial charge >= 0.3 is 0 Å². The quantitative estimate of drug-likeness (QED) is 0.715. The van der Waals surface area contributed by atoms with Crippen LogP contribution in [0.2, 0.25) is 0 Å². The van der Waals surface area contributed by atoms with E-state index in [2.05, 4.69) is 16.8 Å². The van der Waals surface area contributed by atoms with Gasteiger partial charge in [-0.05, 0) is 55.9 Å². The Balaban J connectivity index is 1.29. The second kappa shape index (κ2) is 8.87. The molecule has 3 heterocycles. The largest absolute Gasteiger partial charge is 0.489 e. The van der Waals surface area contributed by atoms with Crippen molar-refractivity contribution in [3.8, 4) is 5.75 Å². The molecule has 1 aromatic rings. The van der Waals surface area contributed by atoms with E-state index in [-0.39, 0.29) is 17.9 Å². The summed E-state index contributed by atoms with van der Waals surface area (Å²) < 4.78 is 12.0. The molecule has 2 amide bonds. The van der Waals surface area contributed by atoms with Crippen molar-refractivity contribution in [1.29, 1.82) is 0 Å². The summed E-state index contributed by atoms with van der Waals surface area (Å²) in [5.41, 5.74) is 2.35. The smallest absolute Gasteiger partial charge is 0.255 e. The van der Waals surface area contributed by atoms with E-state index in [0.717, 1.165) is 42.9 Å². The number of benzene rings is 1. The molecule has 1 N–H and O–H groups in total. The zero-order valence-electron chi connectivity index (χ0n) is 18.8. The first-order valence-corrected chi connectivity index (χ1v) is 11.9. The van der Waals surface area contributed by atoms with Crippen molar-refractivity contribution >= 4 is 11.8 Å². The molecule has 3 atom stereocenters. The Morgan fingerprint density at radius 1 is 1.09 bits per heavy atom. The van der Waals surface area contributed by atoms with Crippen LogP contribution >= 0.6 is 0 Å². The maximum atomic E-state index is 13.0. The predicted octanol–water partition coefficient (Wildman–Crippen LogP) is 2.85. The zero-order valence-corrected chi connectivity index (χ0v) is 18.8. The fourth-order valence-corrected chi connectivity index (χ4v) is 5.58. The van der Waals surface area contributed by atoms with E-state index >= 15 is 0 Å². The fraction of sp³-hybridized carbons (Fsp3) is 0.600. The van der Waals surface area contributed by atoms with E-state index in [1.807, 2.05) is 18.2 Å². The van der Waals surface area contributed by atoms with E-state index in [1.54, 1.807) is 12.0 Å². The molecule has 32 heavy (non-hydrogen) atoms. The second-order valence-electron chi connectivity index (χ2n) is 9.57. The number of likely N-dealkylation sites (tertiary alicyclic amines) is 1. The van der Waals surface area contributed by atoms with Crippen molar-refractivity contribution in [3.63, 3.8) is 0 Å². The van der Waals surface area contributed by atoms with Crippen molar-refractivity contribution < 1.29 is 19.1 Å². The van der Waals surface area contributed by atoms with Crippen molar-refractivity contribution in [2.75, 3.05) is 20.2 Å². The van der Waals surface area contributed by atoms with E-state index in [4.69, 9.17) is 9.47 Å². The monoisotopic (exact) mass is 439 g/mol. The average molecular weight is 440 g/mol. The van der Waals surface area contributed by atoms with Crippen LogP contribution in [0.15, 0.2) is 30.5 Å². The third-order valence-electron chi connectivity index (χ3n) is 7.49. The molecular weight excluding hydrogens is 406 g/mol. The van der Waals surface area contributed by atoms with Crippen molar-refractivity contribution in [2.24, 2.45) is 0 Å². The molecule has 1 unspecified atom stereocenters. The van der Waals surface area contributed by atoms with Gasteiger partial charge in [0.25, 0.3) is 5.91 Å². The highest BCUT2D eigenvalue weighted by Crippen LogP contribution is 2.33. The molecule has 7 nitrogen and oxygen atoms in total. The van der Waals surface area contributed by atoms with Gasteiger partial charge in [-0.3, -0.25) is 14.5 Å². The van der Waals surface area contributed by atoms with E-state index in [1.165, 1.54) is 19.3 Å². The standard InChI is InChI=1S/C25H33N3O4/c1-16-8-11-22(24(29)26-16)28-13-17-12-18(9-10-20(17)25(28)30)32-23-7-5-3-4-6-21(23)27-14-19(15-27)31-2/h9-10,12,19,21-23H,1,3-8,11,13-15H2,2H3,(H,26,29)/t21-,22?,23+/m0/s1. The maximum absolute atomic E-state index is 13.0. The number of nitrogens with one attached hydrogen (secondary N) is 1. The van der Waals surface area contributed by atoms with Crippen LogP contribution < -0.4 is 10.1 Å². The molecule has 4 aliphatic rings. The molecule has 1 aliphatic carbocycles. The first kappa shape index (κ1) is 21.5. The van der Waals surface area contributed by atoms with Gasteiger partial charge < -0.3 is 19.7 Å². The lowest BCUT2D eigenvalue weighted by Gasteiger charge is -2.45. The van der Waals surface area contributed by atoms with Gasteiger partial charge in [0.15, 0.2) is 0 Å². The van der Waals surface area contributed by atoms with Crippen LogP contribution in [-0.4, -0.2) is 66.1 Å². The van der Waals surface area contributed by atoms with Crippen LogP contribution in [0.1, 0.15) is 60.9 Å². The highest BCUT2D eigenvalue weighted by atomic mass is 16.5. The molecule has 172 valence electrons. The summed E-state index contributed by atoms with van der Waals surface area (Å²) in [5.74, 6) is 0.613. The number of nitrogens with zero attached hydrogens (tertiary/aromatic N) is 2. The lowest BCUT2D eigenvalue weighted by Crippen LogP contribution is -2.59. The second-order valence-corrected chi connectivity index (χ2v) is 9.57. The molecule has 0 bridgehead atoms. The minimum absolute atomic E-state index is 0.0715. The van der Waals surface area contributed by atoms with Gasteiger partial charge in [-0.15, -0.1) is 0 Å². The van der Waals surface area contributed by atoms with Crippen LogP contribution in [-0.2, 0) is 16.1 Å². The lowest BCUT2D eigenvalue weighted by molar-refractivity contribution is -0.126. The van der Waals surface area contributed by atoms with E-state index in [0.29, 0.717) is 37.1 Å². The number of rotatable bonds is 5. The van der Waals surface area contributed by atoms with Crippen LogP contribution in [0.3, 0.4) is 0 Å². The highest BCUT2D eigenvalue weighted by molar-refractivity contribution is 6.01. The summed E-state index contributed by atoms with van der Waals surface area (Å²) in [7, 11) is 1.78. The van der Waals surface area contributed by atoms with Crippen LogP contribution in [0.5, 0.6) is 5.75 Å². The van der Waals surface area contributed by atoms with Gasteiger partial charge in [-0.2, -0.15) is 0 Å². The van der Waals surface area contributed by atoms with Gasteiger partial charge in [0.2, 0.25) is 5.91 Å². The Labute approximate surface area is 189 Å². The van der Waals surface area contributed by atoms with Gasteiger partial charge in [0.1, 0.15) is 17.9 Å². The maximum Gasteiger partial charge on any atom is 0.255 e. The van der Waals surface area contributed by atoms with E-state index in [9.17, 15) is 9.59 Å². The molecule has 3 fully saturated rings. The summed E-state index contributed by atoms with van der Waals surface area (Å²) >= 11 is 0. The SMILES string of the molecule is C=C1CCC(N2Cc3cc(O[C@@H]4CCCCC[C@@H]4N4CC(OC)C4)ccc3C2=O)C(=O)N1. The summed E-state index contributed by atoms with van der Waals surface area (Å²) in [6, 6.07) is 5.76. The van der Waals surface area contributed by atoms with Gasteiger partial charge in [0.05, 0.1) is 6.10 Å². The molecular formula is C25H33N3O4. The van der Waals surface area contributed by atoms with Crippen LogP contribution in [0, 0.1) is 0 Å². The Morgan fingerprint density at radius 3 is 2.69 bits per heavy atom. The molecule has 2 saturated heterocycles. The number of allylic oxidation sites excluding steroid dienone is 1. The number of ether oxygens (including phenoxy) is 2. The van der Waals surface area contributed by atoms with Crippen molar-refractivity contribution in [1.82, 2.24) is 15.1 Å². The number of amides is 2. The number of piperidine rings is 1. The van der Waals surface area contributed by atoms with Gasteiger partial charge in [-0.1, -0.05) is 19.4 Å².